The first-order chi connectivity index (χ1) is 28.7. The molecule has 0 bridgehead atoms. The van der Waals surface area contributed by atoms with Crippen LogP contribution in [0.1, 0.15) is 0 Å². The van der Waals surface area contributed by atoms with E-state index in [1.165, 1.54) is 54.2 Å². The fourth-order valence-corrected chi connectivity index (χ4v) is 8.34. The number of fused-ring (bicyclic) bond motifs is 7. The Hall–Kier alpha value is -7.75. The molecule has 0 unspecified atom stereocenters. The van der Waals surface area contributed by atoms with Gasteiger partial charge in [0.1, 0.15) is 0 Å². The number of hydrogen-bond acceptors (Lipinski definition) is 3. The number of rotatable bonds is 6. The van der Waals surface area contributed by atoms with Gasteiger partial charge in [-0.25, -0.2) is 15.0 Å². The van der Waals surface area contributed by atoms with Crippen LogP contribution in [0.4, 0.5) is 0 Å². The Morgan fingerprint density at radius 3 is 1.16 bits per heavy atom. The highest BCUT2D eigenvalue weighted by Crippen LogP contribution is 2.39. The molecule has 270 valence electrons. The topological polar surface area (TPSA) is 38.7 Å². The summed E-state index contributed by atoms with van der Waals surface area (Å²) in [5, 5.41) is 9.99. The number of benzene rings is 10. The van der Waals surface area contributed by atoms with E-state index in [0.717, 1.165) is 38.9 Å². The van der Waals surface area contributed by atoms with Gasteiger partial charge >= 0.3 is 0 Å². The summed E-state index contributed by atoms with van der Waals surface area (Å²) in [7, 11) is 0. The molecule has 10 aromatic carbocycles. The van der Waals surface area contributed by atoms with E-state index >= 15 is 0 Å². The Morgan fingerprint density at radius 1 is 0.190 bits per heavy atom. The van der Waals surface area contributed by atoms with E-state index in [4.69, 9.17) is 15.0 Å². The molecule has 0 amide bonds. The predicted octanol–water partition coefficient (Wildman–Crippen LogP) is 14.5. The van der Waals surface area contributed by atoms with E-state index in [0.29, 0.717) is 17.5 Å². The minimum absolute atomic E-state index is 0.626. The third-order valence-electron chi connectivity index (χ3n) is 11.3. The Bertz CT molecular complexity index is 3230. The maximum Gasteiger partial charge on any atom is 0.164 e. The minimum Gasteiger partial charge on any atom is -0.208 e. The summed E-state index contributed by atoms with van der Waals surface area (Å²) in [6.07, 6.45) is 0. The number of hydrogen-bond donors (Lipinski definition) is 0. The third kappa shape index (κ3) is 6.07. The molecule has 11 rings (SSSR count). The van der Waals surface area contributed by atoms with E-state index in [2.05, 4.69) is 176 Å². The standard InChI is InChI=1S/C55H35N3/c1-3-14-39(15-4-1)53-56-54(40-16-5-2-6-17-40)58-55(57-53)46-33-44(38-25-23-37(24-26-38)42-28-27-36-13-7-8-18-41(36)31-42)32-45(34-46)43-29-30-51-49-21-10-9-19-47(49)48-20-11-12-22-50(48)52(51)35-43/h1-35H. The second-order valence-electron chi connectivity index (χ2n) is 14.8. The van der Waals surface area contributed by atoms with Crippen molar-refractivity contribution in [3.8, 4) is 67.5 Å². The minimum atomic E-state index is 0.626. The molecule has 0 N–H and O–H groups in total. The molecular formula is C55H35N3. The highest BCUT2D eigenvalue weighted by atomic mass is 15.0. The van der Waals surface area contributed by atoms with Crippen molar-refractivity contribution < 1.29 is 0 Å². The van der Waals surface area contributed by atoms with Crippen LogP contribution in [0.3, 0.4) is 0 Å². The number of aromatic nitrogens is 3. The molecule has 0 atom stereocenters. The van der Waals surface area contributed by atoms with E-state index < -0.39 is 0 Å². The van der Waals surface area contributed by atoms with Crippen molar-refractivity contribution in [1.82, 2.24) is 15.0 Å². The SMILES string of the molecule is c1ccc(-c2nc(-c3ccccc3)nc(-c3cc(-c4ccc(-c5ccc6ccccc6c5)cc4)cc(-c4ccc5c6ccccc6c6ccccc6c5c4)c3)n2)cc1. The Morgan fingerprint density at radius 2 is 0.569 bits per heavy atom. The maximum atomic E-state index is 5.15. The van der Waals surface area contributed by atoms with Crippen LogP contribution in [0.25, 0.3) is 111 Å². The molecule has 1 aromatic heterocycles. The normalized spacial score (nSPS) is 11.4. The van der Waals surface area contributed by atoms with E-state index in [1.54, 1.807) is 0 Å². The third-order valence-corrected chi connectivity index (χ3v) is 11.3. The average molecular weight is 738 g/mol. The molecule has 1 heterocycles. The van der Waals surface area contributed by atoms with Crippen molar-refractivity contribution in [1.29, 1.82) is 0 Å². The van der Waals surface area contributed by atoms with Crippen molar-refractivity contribution in [3.63, 3.8) is 0 Å². The van der Waals surface area contributed by atoms with Crippen molar-refractivity contribution in [2.75, 3.05) is 0 Å². The molecule has 58 heavy (non-hydrogen) atoms. The van der Waals surface area contributed by atoms with Crippen LogP contribution in [0.2, 0.25) is 0 Å². The monoisotopic (exact) mass is 737 g/mol. The van der Waals surface area contributed by atoms with Crippen molar-refractivity contribution >= 4 is 43.1 Å². The van der Waals surface area contributed by atoms with Crippen molar-refractivity contribution in [3.05, 3.63) is 212 Å². The second kappa shape index (κ2) is 14.1. The first-order valence-electron chi connectivity index (χ1n) is 19.7. The molecule has 0 spiro atoms. The molecule has 0 aliphatic carbocycles. The summed E-state index contributed by atoms with van der Waals surface area (Å²) in [6.45, 7) is 0. The van der Waals surface area contributed by atoms with Gasteiger partial charge in [-0.2, -0.15) is 0 Å². The zero-order valence-corrected chi connectivity index (χ0v) is 31.5. The average Bonchev–Trinajstić information content (AvgIpc) is 3.31. The van der Waals surface area contributed by atoms with Crippen molar-refractivity contribution in [2.45, 2.75) is 0 Å². The first kappa shape index (κ1) is 33.6. The summed E-state index contributed by atoms with van der Waals surface area (Å²) in [6, 6.07) is 75.5. The van der Waals surface area contributed by atoms with Crippen LogP contribution in [0, 0.1) is 0 Å². The molecule has 0 saturated carbocycles. The summed E-state index contributed by atoms with van der Waals surface area (Å²) >= 11 is 0. The zero-order chi connectivity index (χ0) is 38.4. The lowest BCUT2D eigenvalue weighted by molar-refractivity contribution is 1.07. The quantitative estimate of drug-likeness (QED) is 0.160. The van der Waals surface area contributed by atoms with Gasteiger partial charge in [-0.15, -0.1) is 0 Å². The highest BCUT2D eigenvalue weighted by Gasteiger charge is 2.16. The van der Waals surface area contributed by atoms with Gasteiger partial charge in [0.25, 0.3) is 0 Å². The molecule has 0 aliphatic rings. The Kier molecular flexibility index (Phi) is 8.15. The first-order valence-corrected chi connectivity index (χ1v) is 19.7. The summed E-state index contributed by atoms with van der Waals surface area (Å²) in [4.78, 5) is 15.3. The van der Waals surface area contributed by atoms with Gasteiger partial charge in [0.05, 0.1) is 0 Å². The predicted molar refractivity (Wildman–Crippen MR) is 242 cm³/mol. The fourth-order valence-electron chi connectivity index (χ4n) is 8.34. The largest absolute Gasteiger partial charge is 0.208 e. The van der Waals surface area contributed by atoms with Gasteiger partial charge in [0.2, 0.25) is 0 Å². The second-order valence-corrected chi connectivity index (χ2v) is 14.8. The maximum absolute atomic E-state index is 5.15. The van der Waals surface area contributed by atoms with Gasteiger partial charge in [0.15, 0.2) is 17.5 Å². The van der Waals surface area contributed by atoms with E-state index in [-0.39, 0.29) is 0 Å². The van der Waals surface area contributed by atoms with E-state index in [9.17, 15) is 0 Å². The van der Waals surface area contributed by atoms with E-state index in [1.807, 2.05) is 36.4 Å². The van der Waals surface area contributed by atoms with Gasteiger partial charge in [-0.1, -0.05) is 182 Å². The van der Waals surface area contributed by atoms with Crippen LogP contribution < -0.4 is 0 Å². The Labute approximate surface area is 336 Å². The summed E-state index contributed by atoms with van der Waals surface area (Å²) < 4.78 is 0. The van der Waals surface area contributed by atoms with Gasteiger partial charge in [0, 0.05) is 16.7 Å². The van der Waals surface area contributed by atoms with Gasteiger partial charge < -0.3 is 0 Å². The summed E-state index contributed by atoms with van der Waals surface area (Å²) in [5.41, 5.74) is 9.60. The van der Waals surface area contributed by atoms with Gasteiger partial charge in [-0.05, 0) is 107 Å². The van der Waals surface area contributed by atoms with Crippen LogP contribution in [-0.2, 0) is 0 Å². The highest BCUT2D eigenvalue weighted by molar-refractivity contribution is 6.25. The summed E-state index contributed by atoms with van der Waals surface area (Å²) in [5.74, 6) is 1.90. The van der Waals surface area contributed by atoms with Crippen LogP contribution >= 0.6 is 0 Å². The molecular weight excluding hydrogens is 703 g/mol. The molecule has 3 nitrogen and oxygen atoms in total. The molecule has 0 aliphatic heterocycles. The van der Waals surface area contributed by atoms with Crippen LogP contribution in [0.15, 0.2) is 212 Å². The molecule has 3 heteroatoms. The van der Waals surface area contributed by atoms with Crippen LogP contribution in [-0.4, -0.2) is 15.0 Å². The zero-order valence-electron chi connectivity index (χ0n) is 31.5. The molecule has 0 fully saturated rings. The molecule has 0 radical (unpaired) electrons. The van der Waals surface area contributed by atoms with Crippen molar-refractivity contribution in [2.24, 2.45) is 0 Å². The smallest absolute Gasteiger partial charge is 0.164 e. The fraction of sp³-hybridized carbons (Fsp3) is 0. The van der Waals surface area contributed by atoms with Crippen LogP contribution in [0.5, 0.6) is 0 Å². The Balaban J connectivity index is 1.11. The molecule has 11 aromatic rings. The van der Waals surface area contributed by atoms with Gasteiger partial charge in [-0.3, -0.25) is 0 Å². The lowest BCUT2D eigenvalue weighted by Gasteiger charge is -2.15. The lowest BCUT2D eigenvalue weighted by atomic mass is 9.90. The number of nitrogens with zero attached hydrogens (tertiary/aromatic N) is 3. The lowest BCUT2D eigenvalue weighted by Crippen LogP contribution is -2.00. The molecule has 0 saturated heterocycles.